The van der Waals surface area contributed by atoms with Gasteiger partial charge in [-0.15, -0.1) is 0 Å². The van der Waals surface area contributed by atoms with Crippen molar-refractivity contribution in [2.45, 2.75) is 25.3 Å². The van der Waals surface area contributed by atoms with Crippen molar-refractivity contribution in [2.24, 2.45) is 5.92 Å². The van der Waals surface area contributed by atoms with Crippen molar-refractivity contribution in [3.05, 3.63) is 18.2 Å². The smallest absolute Gasteiger partial charge is 0.308 e. The molecule has 2 aliphatic heterocycles. The highest BCUT2D eigenvalue weighted by molar-refractivity contribution is 6.22. The van der Waals surface area contributed by atoms with E-state index in [2.05, 4.69) is 0 Å². The summed E-state index contributed by atoms with van der Waals surface area (Å²) in [6, 6.07) is 4.47. The molecule has 2 fully saturated rings. The minimum Gasteiger partial charge on any atom is -0.493 e. The minimum atomic E-state index is -0.496. The van der Waals surface area contributed by atoms with Gasteiger partial charge in [0.05, 0.1) is 45.4 Å². The highest BCUT2D eigenvalue weighted by Gasteiger charge is 2.44. The van der Waals surface area contributed by atoms with Gasteiger partial charge in [0.15, 0.2) is 11.5 Å². The average Bonchev–Trinajstić information content (AvgIpc) is 3.01. The van der Waals surface area contributed by atoms with Gasteiger partial charge < -0.3 is 14.2 Å². The highest BCUT2D eigenvalue weighted by Crippen LogP contribution is 2.35. The first-order valence-electron chi connectivity index (χ1n) is 8.90. The number of hydrogen-bond donors (Lipinski definition) is 0. The zero-order valence-corrected chi connectivity index (χ0v) is 15.8. The maximum absolute atomic E-state index is 12.9. The molecule has 2 aliphatic rings. The molecule has 0 aromatic heterocycles. The SMILES string of the molecule is COC(=O)C1CCN([C@H]2CC(=O)N(c3ccc(OC)c(OC)c3)C2=O)CC1. The second-order valence-electron chi connectivity index (χ2n) is 6.66. The lowest BCUT2D eigenvalue weighted by atomic mass is 9.95. The van der Waals surface area contributed by atoms with E-state index in [0.717, 1.165) is 0 Å². The van der Waals surface area contributed by atoms with Gasteiger partial charge in [0.2, 0.25) is 5.91 Å². The van der Waals surface area contributed by atoms with Gasteiger partial charge in [-0.25, -0.2) is 4.90 Å². The number of esters is 1. The van der Waals surface area contributed by atoms with Crippen molar-refractivity contribution < 1.29 is 28.6 Å². The van der Waals surface area contributed by atoms with E-state index in [1.807, 2.05) is 4.90 Å². The average molecular weight is 376 g/mol. The Morgan fingerprint density at radius 1 is 1.04 bits per heavy atom. The van der Waals surface area contributed by atoms with Crippen molar-refractivity contribution in [3.8, 4) is 11.5 Å². The summed E-state index contributed by atoms with van der Waals surface area (Å²) < 4.78 is 15.3. The topological polar surface area (TPSA) is 85.4 Å². The molecule has 0 radical (unpaired) electrons. The Morgan fingerprint density at radius 2 is 1.70 bits per heavy atom. The van der Waals surface area contributed by atoms with Crippen LogP contribution in [-0.4, -0.2) is 63.1 Å². The van der Waals surface area contributed by atoms with Crippen LogP contribution in [0.25, 0.3) is 0 Å². The first-order valence-corrected chi connectivity index (χ1v) is 8.90. The lowest BCUT2D eigenvalue weighted by molar-refractivity contribution is -0.147. The molecular weight excluding hydrogens is 352 g/mol. The number of carbonyl (C=O) groups is 3. The van der Waals surface area contributed by atoms with E-state index >= 15 is 0 Å². The van der Waals surface area contributed by atoms with Crippen molar-refractivity contribution in [3.63, 3.8) is 0 Å². The molecule has 27 heavy (non-hydrogen) atoms. The molecule has 0 N–H and O–H groups in total. The summed E-state index contributed by atoms with van der Waals surface area (Å²) in [5.41, 5.74) is 0.467. The zero-order valence-electron chi connectivity index (χ0n) is 15.8. The van der Waals surface area contributed by atoms with Crippen LogP contribution in [0.3, 0.4) is 0 Å². The molecule has 3 rings (SSSR count). The molecule has 146 valence electrons. The number of ether oxygens (including phenoxy) is 3. The van der Waals surface area contributed by atoms with E-state index < -0.39 is 6.04 Å². The van der Waals surface area contributed by atoms with Crippen molar-refractivity contribution in [1.29, 1.82) is 0 Å². The maximum Gasteiger partial charge on any atom is 0.308 e. The molecule has 0 unspecified atom stereocenters. The Balaban J connectivity index is 1.73. The first-order chi connectivity index (χ1) is 13.0. The number of nitrogens with zero attached hydrogens (tertiary/aromatic N) is 2. The quantitative estimate of drug-likeness (QED) is 0.564. The van der Waals surface area contributed by atoms with E-state index in [-0.39, 0.29) is 30.1 Å². The molecule has 2 amide bonds. The number of piperidine rings is 1. The van der Waals surface area contributed by atoms with Crippen LogP contribution in [0.4, 0.5) is 5.69 Å². The normalized spacial score (nSPS) is 21.4. The second-order valence-corrected chi connectivity index (χ2v) is 6.66. The van der Waals surface area contributed by atoms with Crippen molar-refractivity contribution in [2.75, 3.05) is 39.3 Å². The number of rotatable bonds is 5. The summed E-state index contributed by atoms with van der Waals surface area (Å²) in [5, 5.41) is 0. The zero-order chi connectivity index (χ0) is 19.6. The molecule has 1 aromatic rings. The molecule has 0 bridgehead atoms. The van der Waals surface area contributed by atoms with Crippen LogP contribution >= 0.6 is 0 Å². The van der Waals surface area contributed by atoms with Crippen molar-refractivity contribution in [1.82, 2.24) is 4.90 Å². The van der Waals surface area contributed by atoms with Gasteiger partial charge in [-0.3, -0.25) is 19.3 Å². The number of amides is 2. The molecule has 0 spiro atoms. The molecule has 2 heterocycles. The summed E-state index contributed by atoms with van der Waals surface area (Å²) in [6.45, 7) is 1.17. The number of imide groups is 1. The molecule has 1 atom stereocenters. The number of benzene rings is 1. The van der Waals surface area contributed by atoms with Crippen LogP contribution in [0.5, 0.6) is 11.5 Å². The predicted molar refractivity (Wildman–Crippen MR) is 96.8 cm³/mol. The lowest BCUT2D eigenvalue weighted by Crippen LogP contribution is -2.46. The largest absolute Gasteiger partial charge is 0.493 e. The first kappa shape index (κ1) is 19.2. The molecule has 0 aliphatic carbocycles. The maximum atomic E-state index is 12.9. The Bertz CT molecular complexity index is 742. The van der Waals surface area contributed by atoms with Crippen LogP contribution in [0.15, 0.2) is 18.2 Å². The minimum absolute atomic E-state index is 0.135. The van der Waals surface area contributed by atoms with Crippen LogP contribution < -0.4 is 14.4 Å². The Morgan fingerprint density at radius 3 is 2.30 bits per heavy atom. The van der Waals surface area contributed by atoms with Crippen LogP contribution in [0.2, 0.25) is 0 Å². The molecular formula is C19H24N2O6. The van der Waals surface area contributed by atoms with Crippen LogP contribution in [0, 0.1) is 5.92 Å². The molecule has 8 heteroatoms. The highest BCUT2D eigenvalue weighted by atomic mass is 16.5. The Hall–Kier alpha value is -2.61. The molecule has 0 saturated carbocycles. The number of anilines is 1. The van der Waals surface area contributed by atoms with Crippen LogP contribution in [-0.2, 0) is 19.1 Å². The van der Waals surface area contributed by atoms with Gasteiger partial charge in [-0.05, 0) is 38.1 Å². The summed E-state index contributed by atoms with van der Waals surface area (Å²) in [7, 11) is 4.41. The van der Waals surface area contributed by atoms with E-state index in [0.29, 0.717) is 43.1 Å². The van der Waals surface area contributed by atoms with E-state index in [4.69, 9.17) is 14.2 Å². The number of likely N-dealkylation sites (tertiary alicyclic amines) is 1. The molecule has 2 saturated heterocycles. The third-order valence-corrected chi connectivity index (χ3v) is 5.25. The predicted octanol–water partition coefficient (Wildman–Crippen LogP) is 1.22. The summed E-state index contributed by atoms with van der Waals surface area (Å²) >= 11 is 0. The van der Waals surface area contributed by atoms with Crippen molar-refractivity contribution >= 4 is 23.5 Å². The van der Waals surface area contributed by atoms with Gasteiger partial charge >= 0.3 is 5.97 Å². The van der Waals surface area contributed by atoms with Gasteiger partial charge in [-0.2, -0.15) is 0 Å². The fraction of sp³-hybridized carbons (Fsp3) is 0.526. The lowest BCUT2D eigenvalue weighted by Gasteiger charge is -2.33. The summed E-state index contributed by atoms with van der Waals surface area (Å²) in [4.78, 5) is 40.3. The van der Waals surface area contributed by atoms with E-state index in [9.17, 15) is 14.4 Å². The van der Waals surface area contributed by atoms with Gasteiger partial charge in [0, 0.05) is 6.07 Å². The monoisotopic (exact) mass is 376 g/mol. The van der Waals surface area contributed by atoms with Gasteiger partial charge in [0.25, 0.3) is 5.91 Å². The van der Waals surface area contributed by atoms with Gasteiger partial charge in [0.1, 0.15) is 0 Å². The standard InChI is InChI=1S/C19H24N2O6/c1-25-15-5-4-13(10-16(15)26-2)21-17(22)11-14(18(21)23)20-8-6-12(7-9-20)19(24)27-3/h4-5,10,12,14H,6-9,11H2,1-3H3/t14-/m0/s1. The molecule has 1 aromatic carbocycles. The Kier molecular flexibility index (Phi) is 5.65. The third-order valence-electron chi connectivity index (χ3n) is 5.25. The van der Waals surface area contributed by atoms with E-state index in [1.54, 1.807) is 18.2 Å². The molecule has 8 nitrogen and oxygen atoms in total. The van der Waals surface area contributed by atoms with Gasteiger partial charge in [-0.1, -0.05) is 0 Å². The summed E-state index contributed by atoms with van der Waals surface area (Å²) in [5.74, 6) is 0.145. The number of hydrogen-bond acceptors (Lipinski definition) is 7. The fourth-order valence-corrected chi connectivity index (χ4v) is 3.75. The van der Waals surface area contributed by atoms with E-state index in [1.165, 1.54) is 26.2 Å². The number of methoxy groups -OCH3 is 3. The number of carbonyl (C=O) groups excluding carboxylic acids is 3. The third kappa shape index (κ3) is 3.62. The fourth-order valence-electron chi connectivity index (χ4n) is 3.75. The van der Waals surface area contributed by atoms with Crippen LogP contribution in [0.1, 0.15) is 19.3 Å². The summed E-state index contributed by atoms with van der Waals surface area (Å²) in [6.07, 6.45) is 1.39. The Labute approximate surface area is 158 Å². The second kappa shape index (κ2) is 7.96.